The van der Waals surface area contributed by atoms with E-state index in [0.717, 1.165) is 28.0 Å². The number of benzene rings is 1. The summed E-state index contributed by atoms with van der Waals surface area (Å²) in [6.45, 7) is 0.486. The average molecular weight is 266 g/mol. The third-order valence-corrected chi connectivity index (χ3v) is 3.05. The quantitative estimate of drug-likeness (QED) is 0.727. The van der Waals surface area contributed by atoms with E-state index < -0.39 is 0 Å². The van der Waals surface area contributed by atoms with Gasteiger partial charge in [-0.05, 0) is 29.8 Å². The lowest BCUT2D eigenvalue weighted by atomic mass is 10.2. The van der Waals surface area contributed by atoms with E-state index in [1.54, 1.807) is 25.7 Å². The molecular formula is C16H14N2O2. The van der Waals surface area contributed by atoms with Crippen molar-refractivity contribution in [1.29, 1.82) is 0 Å². The highest BCUT2D eigenvalue weighted by Gasteiger charge is 2.03. The summed E-state index contributed by atoms with van der Waals surface area (Å²) in [4.78, 5) is 8.41. The molecule has 3 rings (SSSR count). The topological polar surface area (TPSA) is 44.2 Å². The van der Waals surface area contributed by atoms with Crippen LogP contribution in [0.2, 0.25) is 0 Å². The van der Waals surface area contributed by atoms with Gasteiger partial charge < -0.3 is 9.47 Å². The molecule has 0 aliphatic heterocycles. The Morgan fingerprint density at radius 2 is 1.90 bits per heavy atom. The van der Waals surface area contributed by atoms with Gasteiger partial charge in [-0.1, -0.05) is 12.1 Å². The highest BCUT2D eigenvalue weighted by atomic mass is 16.5. The van der Waals surface area contributed by atoms with E-state index in [0.29, 0.717) is 6.61 Å². The molecule has 4 heteroatoms. The highest BCUT2D eigenvalue weighted by molar-refractivity contribution is 5.83. The summed E-state index contributed by atoms with van der Waals surface area (Å²) in [5.41, 5.74) is 1.91. The van der Waals surface area contributed by atoms with Gasteiger partial charge in [-0.25, -0.2) is 0 Å². The van der Waals surface area contributed by atoms with Gasteiger partial charge in [-0.2, -0.15) is 0 Å². The lowest BCUT2D eigenvalue weighted by Crippen LogP contribution is -1.97. The third-order valence-electron chi connectivity index (χ3n) is 3.05. The normalized spacial score (nSPS) is 10.4. The standard InChI is InChI=1S/C16H14N2O2/c1-19-13-6-4-12(5-7-13)11-20-16-10-17-9-15-14(16)3-2-8-18-15/h2-10H,11H2,1H3. The van der Waals surface area contributed by atoms with Crippen molar-refractivity contribution in [3.63, 3.8) is 0 Å². The van der Waals surface area contributed by atoms with Crippen molar-refractivity contribution in [2.45, 2.75) is 6.61 Å². The molecule has 0 spiro atoms. The second kappa shape index (κ2) is 5.57. The van der Waals surface area contributed by atoms with E-state index in [2.05, 4.69) is 9.97 Å². The zero-order valence-electron chi connectivity index (χ0n) is 11.1. The first-order chi connectivity index (χ1) is 9.86. The zero-order valence-corrected chi connectivity index (χ0v) is 11.1. The molecule has 0 amide bonds. The lowest BCUT2D eigenvalue weighted by Gasteiger charge is -2.08. The maximum Gasteiger partial charge on any atom is 0.147 e. The van der Waals surface area contributed by atoms with Gasteiger partial charge in [0.25, 0.3) is 0 Å². The van der Waals surface area contributed by atoms with Crippen LogP contribution in [0.3, 0.4) is 0 Å². The Balaban J connectivity index is 1.79. The molecule has 2 heterocycles. The molecule has 3 aromatic rings. The summed E-state index contributed by atoms with van der Waals surface area (Å²) in [6.07, 6.45) is 5.19. The molecule has 0 atom stereocenters. The zero-order chi connectivity index (χ0) is 13.8. The maximum absolute atomic E-state index is 5.84. The predicted octanol–water partition coefficient (Wildman–Crippen LogP) is 3.22. The summed E-state index contributed by atoms with van der Waals surface area (Å²) in [7, 11) is 1.65. The molecule has 0 fully saturated rings. The van der Waals surface area contributed by atoms with Crippen LogP contribution in [0.5, 0.6) is 11.5 Å². The number of nitrogens with zero attached hydrogens (tertiary/aromatic N) is 2. The minimum atomic E-state index is 0.486. The van der Waals surface area contributed by atoms with Gasteiger partial charge in [0.05, 0.1) is 25.0 Å². The molecule has 2 aromatic heterocycles. The Bertz CT molecular complexity index is 706. The number of methoxy groups -OCH3 is 1. The number of rotatable bonds is 4. The van der Waals surface area contributed by atoms with Crippen LogP contribution in [-0.2, 0) is 6.61 Å². The van der Waals surface area contributed by atoms with Gasteiger partial charge in [-0.15, -0.1) is 0 Å². The van der Waals surface area contributed by atoms with Crippen molar-refractivity contribution in [1.82, 2.24) is 9.97 Å². The van der Waals surface area contributed by atoms with Gasteiger partial charge in [0.2, 0.25) is 0 Å². The van der Waals surface area contributed by atoms with E-state index in [-0.39, 0.29) is 0 Å². The summed E-state index contributed by atoms with van der Waals surface area (Å²) in [5.74, 6) is 1.58. The number of fused-ring (bicyclic) bond motifs is 1. The van der Waals surface area contributed by atoms with E-state index >= 15 is 0 Å². The average Bonchev–Trinajstić information content (AvgIpc) is 2.53. The molecule has 1 aromatic carbocycles. The van der Waals surface area contributed by atoms with Crippen molar-refractivity contribution < 1.29 is 9.47 Å². The summed E-state index contributed by atoms with van der Waals surface area (Å²) < 4.78 is 11.0. The molecule has 0 saturated heterocycles. The van der Waals surface area contributed by atoms with Crippen molar-refractivity contribution in [3.05, 3.63) is 60.6 Å². The molecule has 20 heavy (non-hydrogen) atoms. The monoisotopic (exact) mass is 266 g/mol. The number of pyridine rings is 2. The summed E-state index contributed by atoms with van der Waals surface area (Å²) in [5, 5.41) is 0.969. The molecule has 100 valence electrons. The molecule has 0 radical (unpaired) electrons. The van der Waals surface area contributed by atoms with Gasteiger partial charge in [0.15, 0.2) is 0 Å². The molecule has 0 bridgehead atoms. The fourth-order valence-corrected chi connectivity index (χ4v) is 1.97. The Labute approximate surface area is 117 Å². The first-order valence-electron chi connectivity index (χ1n) is 6.31. The fourth-order valence-electron chi connectivity index (χ4n) is 1.97. The molecular weight excluding hydrogens is 252 g/mol. The molecule has 4 nitrogen and oxygen atoms in total. The molecule has 0 aliphatic rings. The van der Waals surface area contributed by atoms with Crippen LogP contribution >= 0.6 is 0 Å². The second-order valence-electron chi connectivity index (χ2n) is 4.34. The van der Waals surface area contributed by atoms with Crippen molar-refractivity contribution in [3.8, 4) is 11.5 Å². The van der Waals surface area contributed by atoms with Crippen molar-refractivity contribution >= 4 is 10.9 Å². The number of ether oxygens (including phenoxy) is 2. The highest BCUT2D eigenvalue weighted by Crippen LogP contribution is 2.23. The smallest absolute Gasteiger partial charge is 0.147 e. The SMILES string of the molecule is COc1ccc(COc2cncc3ncccc23)cc1. The van der Waals surface area contributed by atoms with E-state index in [4.69, 9.17) is 9.47 Å². The third kappa shape index (κ3) is 2.54. The van der Waals surface area contributed by atoms with E-state index in [9.17, 15) is 0 Å². The summed E-state index contributed by atoms with van der Waals surface area (Å²) >= 11 is 0. The van der Waals surface area contributed by atoms with Crippen LogP contribution in [-0.4, -0.2) is 17.1 Å². The van der Waals surface area contributed by atoms with Gasteiger partial charge in [0, 0.05) is 11.6 Å². The number of hydrogen-bond acceptors (Lipinski definition) is 4. The minimum Gasteiger partial charge on any atom is -0.497 e. The maximum atomic E-state index is 5.84. The van der Waals surface area contributed by atoms with Crippen molar-refractivity contribution in [2.24, 2.45) is 0 Å². The van der Waals surface area contributed by atoms with Gasteiger partial charge in [0.1, 0.15) is 18.1 Å². The van der Waals surface area contributed by atoms with Crippen LogP contribution in [0, 0.1) is 0 Å². The van der Waals surface area contributed by atoms with Crippen LogP contribution in [0.25, 0.3) is 10.9 Å². The summed E-state index contributed by atoms with van der Waals surface area (Å²) in [6, 6.07) is 11.7. The van der Waals surface area contributed by atoms with Gasteiger partial charge in [-0.3, -0.25) is 9.97 Å². The number of hydrogen-bond donors (Lipinski definition) is 0. The van der Waals surface area contributed by atoms with Gasteiger partial charge >= 0.3 is 0 Å². The minimum absolute atomic E-state index is 0.486. The Hall–Kier alpha value is -2.62. The molecule has 0 saturated carbocycles. The van der Waals surface area contributed by atoms with E-state index in [1.807, 2.05) is 36.4 Å². The second-order valence-corrected chi connectivity index (χ2v) is 4.34. The number of aromatic nitrogens is 2. The van der Waals surface area contributed by atoms with Crippen LogP contribution in [0.1, 0.15) is 5.56 Å². The van der Waals surface area contributed by atoms with Crippen molar-refractivity contribution in [2.75, 3.05) is 7.11 Å². The molecule has 0 unspecified atom stereocenters. The first-order valence-corrected chi connectivity index (χ1v) is 6.31. The van der Waals surface area contributed by atoms with E-state index in [1.165, 1.54) is 0 Å². The van der Waals surface area contributed by atoms with Crippen LogP contribution in [0.15, 0.2) is 55.0 Å². The lowest BCUT2D eigenvalue weighted by molar-refractivity contribution is 0.308. The molecule has 0 aliphatic carbocycles. The van der Waals surface area contributed by atoms with Crippen LogP contribution < -0.4 is 9.47 Å². The predicted molar refractivity (Wildman–Crippen MR) is 76.9 cm³/mol. The Morgan fingerprint density at radius 3 is 2.70 bits per heavy atom. The fraction of sp³-hybridized carbons (Fsp3) is 0.125. The molecule has 0 N–H and O–H groups in total. The largest absolute Gasteiger partial charge is 0.497 e. The first kappa shape index (κ1) is 12.4. The Morgan fingerprint density at radius 1 is 1.05 bits per heavy atom. The Kier molecular flexibility index (Phi) is 3.46. The van der Waals surface area contributed by atoms with Crippen LogP contribution in [0.4, 0.5) is 0 Å².